The van der Waals surface area contributed by atoms with Gasteiger partial charge < -0.3 is 4.74 Å². The summed E-state index contributed by atoms with van der Waals surface area (Å²) in [6.07, 6.45) is 3.60. The number of anilines is 1. The molecule has 3 rings (SSSR count). The Balaban J connectivity index is 1.77. The van der Waals surface area contributed by atoms with Crippen LogP contribution in [0.5, 0.6) is 0 Å². The standard InChI is InChI=1S/C21H19Cl2NO3/c1-2-27-21(26)24-19-13-16(23)10-11-17(19)18(20(24)25)9-4-3-6-14-7-5-8-15(22)12-14/h5,7-13H,2-4,6H2,1H3/b18-9+. The molecule has 140 valence electrons. The Bertz CT molecular complexity index is 908. The van der Waals surface area contributed by atoms with Crippen molar-refractivity contribution in [3.8, 4) is 0 Å². The molecule has 6 heteroatoms. The zero-order valence-electron chi connectivity index (χ0n) is 14.9. The highest BCUT2D eigenvalue weighted by Crippen LogP contribution is 2.39. The average molecular weight is 404 g/mol. The normalized spacial score (nSPS) is 14.6. The Labute approximate surface area is 168 Å². The van der Waals surface area contributed by atoms with E-state index in [1.54, 1.807) is 25.1 Å². The van der Waals surface area contributed by atoms with E-state index >= 15 is 0 Å². The molecule has 4 nitrogen and oxygen atoms in total. The molecule has 1 aliphatic rings. The number of benzene rings is 2. The lowest BCUT2D eigenvalue weighted by molar-refractivity contribution is -0.112. The minimum Gasteiger partial charge on any atom is -0.449 e. The summed E-state index contributed by atoms with van der Waals surface area (Å²) in [4.78, 5) is 26.1. The van der Waals surface area contributed by atoms with Crippen molar-refractivity contribution in [3.63, 3.8) is 0 Å². The lowest BCUT2D eigenvalue weighted by atomic mass is 10.0. The van der Waals surface area contributed by atoms with Crippen molar-refractivity contribution < 1.29 is 14.3 Å². The fourth-order valence-corrected chi connectivity index (χ4v) is 3.45. The molecule has 0 spiro atoms. The van der Waals surface area contributed by atoms with E-state index in [1.165, 1.54) is 0 Å². The Morgan fingerprint density at radius 2 is 1.93 bits per heavy atom. The van der Waals surface area contributed by atoms with Crippen LogP contribution in [0.25, 0.3) is 5.57 Å². The second kappa shape index (κ2) is 8.59. The Hall–Kier alpha value is -2.30. The van der Waals surface area contributed by atoms with Crippen LogP contribution in [0.15, 0.2) is 48.5 Å². The van der Waals surface area contributed by atoms with Crippen LogP contribution >= 0.6 is 23.2 Å². The number of hydrogen-bond donors (Lipinski definition) is 0. The molecule has 0 bridgehead atoms. The molecule has 0 atom stereocenters. The van der Waals surface area contributed by atoms with Gasteiger partial charge >= 0.3 is 6.09 Å². The van der Waals surface area contributed by atoms with Gasteiger partial charge in [0.2, 0.25) is 0 Å². The maximum Gasteiger partial charge on any atom is 0.421 e. The van der Waals surface area contributed by atoms with Crippen LogP contribution in [-0.2, 0) is 16.0 Å². The van der Waals surface area contributed by atoms with Crippen LogP contribution in [-0.4, -0.2) is 18.6 Å². The summed E-state index contributed by atoms with van der Waals surface area (Å²) < 4.78 is 5.02. The topological polar surface area (TPSA) is 46.6 Å². The summed E-state index contributed by atoms with van der Waals surface area (Å²) in [6, 6.07) is 12.8. The monoisotopic (exact) mass is 403 g/mol. The van der Waals surface area contributed by atoms with Crippen LogP contribution < -0.4 is 4.90 Å². The van der Waals surface area contributed by atoms with Crippen molar-refractivity contribution in [2.24, 2.45) is 0 Å². The zero-order chi connectivity index (χ0) is 19.4. The van der Waals surface area contributed by atoms with Gasteiger partial charge in [-0.1, -0.05) is 47.5 Å². The summed E-state index contributed by atoms with van der Waals surface area (Å²) >= 11 is 12.1. The molecule has 0 saturated carbocycles. The fourth-order valence-electron chi connectivity index (χ4n) is 3.07. The number of carbonyl (C=O) groups is 2. The molecule has 2 aromatic carbocycles. The third-order valence-electron chi connectivity index (χ3n) is 4.28. The molecule has 1 aliphatic heterocycles. The fraction of sp³-hybridized carbons (Fsp3) is 0.238. The predicted octanol–water partition coefficient (Wildman–Crippen LogP) is 5.90. The van der Waals surface area contributed by atoms with Crippen LogP contribution in [0.4, 0.5) is 10.5 Å². The van der Waals surface area contributed by atoms with E-state index in [2.05, 4.69) is 0 Å². The Kier molecular flexibility index (Phi) is 6.19. The molecular weight excluding hydrogens is 385 g/mol. The molecule has 2 aromatic rings. The van der Waals surface area contributed by atoms with Crippen molar-refractivity contribution >= 4 is 46.5 Å². The number of rotatable bonds is 5. The number of ether oxygens (including phenoxy) is 1. The van der Waals surface area contributed by atoms with Gasteiger partial charge in [-0.15, -0.1) is 0 Å². The van der Waals surface area contributed by atoms with Crippen molar-refractivity contribution in [2.45, 2.75) is 26.2 Å². The molecule has 1 heterocycles. The second-order valence-corrected chi connectivity index (χ2v) is 7.01. The summed E-state index contributed by atoms with van der Waals surface area (Å²) in [6.45, 7) is 1.89. The Morgan fingerprint density at radius 1 is 1.15 bits per heavy atom. The zero-order valence-corrected chi connectivity index (χ0v) is 16.4. The van der Waals surface area contributed by atoms with Gasteiger partial charge in [-0.25, -0.2) is 9.69 Å². The minimum atomic E-state index is -0.687. The number of amides is 2. The molecule has 0 unspecified atom stereocenters. The number of halogens is 2. The maximum absolute atomic E-state index is 12.8. The number of imide groups is 1. The first kappa shape index (κ1) is 19.5. The van der Waals surface area contributed by atoms with E-state index in [0.717, 1.165) is 23.3 Å². The third kappa shape index (κ3) is 4.34. The molecule has 0 aromatic heterocycles. The lowest BCUT2D eigenvalue weighted by Crippen LogP contribution is -2.34. The highest BCUT2D eigenvalue weighted by molar-refractivity contribution is 6.40. The van der Waals surface area contributed by atoms with Crippen LogP contribution in [0.1, 0.15) is 30.9 Å². The van der Waals surface area contributed by atoms with Gasteiger partial charge in [0, 0.05) is 21.2 Å². The van der Waals surface area contributed by atoms with E-state index in [1.807, 2.05) is 30.3 Å². The van der Waals surface area contributed by atoms with E-state index in [-0.39, 0.29) is 12.5 Å². The minimum absolute atomic E-state index is 0.192. The third-order valence-corrected chi connectivity index (χ3v) is 4.75. The van der Waals surface area contributed by atoms with Crippen LogP contribution in [0.3, 0.4) is 0 Å². The molecule has 0 N–H and O–H groups in total. The number of aryl methyl sites for hydroxylation is 1. The molecule has 0 fully saturated rings. The first-order valence-corrected chi connectivity index (χ1v) is 9.52. The van der Waals surface area contributed by atoms with E-state index < -0.39 is 6.09 Å². The van der Waals surface area contributed by atoms with E-state index in [9.17, 15) is 9.59 Å². The van der Waals surface area contributed by atoms with Gasteiger partial charge in [-0.3, -0.25) is 4.79 Å². The number of hydrogen-bond acceptors (Lipinski definition) is 3. The molecule has 0 saturated heterocycles. The number of nitrogens with zero attached hydrogens (tertiary/aromatic N) is 1. The van der Waals surface area contributed by atoms with Crippen molar-refractivity contribution in [1.29, 1.82) is 0 Å². The number of carbonyl (C=O) groups excluding carboxylic acids is 2. The van der Waals surface area contributed by atoms with Crippen LogP contribution in [0.2, 0.25) is 10.0 Å². The summed E-state index contributed by atoms with van der Waals surface area (Å²) in [5.41, 5.74) is 2.81. The van der Waals surface area contributed by atoms with Gasteiger partial charge in [0.25, 0.3) is 5.91 Å². The highest BCUT2D eigenvalue weighted by atomic mass is 35.5. The van der Waals surface area contributed by atoms with Crippen molar-refractivity contribution in [3.05, 3.63) is 69.7 Å². The lowest BCUT2D eigenvalue weighted by Gasteiger charge is -2.14. The van der Waals surface area contributed by atoms with Crippen molar-refractivity contribution in [1.82, 2.24) is 0 Å². The maximum atomic E-state index is 12.8. The summed E-state index contributed by atoms with van der Waals surface area (Å²) in [5.74, 6) is -0.381. The number of unbranched alkanes of at least 4 members (excludes halogenated alkanes) is 1. The quantitative estimate of drug-likeness (QED) is 0.460. The van der Waals surface area contributed by atoms with Gasteiger partial charge in [0.1, 0.15) is 0 Å². The second-order valence-electron chi connectivity index (χ2n) is 6.14. The van der Waals surface area contributed by atoms with Crippen molar-refractivity contribution in [2.75, 3.05) is 11.5 Å². The smallest absolute Gasteiger partial charge is 0.421 e. The average Bonchev–Trinajstić information content (AvgIpc) is 2.90. The first-order valence-electron chi connectivity index (χ1n) is 8.77. The van der Waals surface area contributed by atoms with E-state index in [0.29, 0.717) is 33.3 Å². The molecule has 0 aliphatic carbocycles. The SMILES string of the molecule is CCOC(=O)N1C(=O)/C(=C/CCCc2cccc(Cl)c2)c2ccc(Cl)cc21. The first-order chi connectivity index (χ1) is 13.0. The molecule has 0 radical (unpaired) electrons. The molecule has 2 amide bonds. The van der Waals surface area contributed by atoms with Gasteiger partial charge in [0.15, 0.2) is 0 Å². The molecular formula is C21H19Cl2NO3. The number of allylic oxidation sites excluding steroid dienone is 1. The predicted molar refractivity (Wildman–Crippen MR) is 108 cm³/mol. The molecule has 27 heavy (non-hydrogen) atoms. The Morgan fingerprint density at radius 3 is 2.67 bits per heavy atom. The van der Waals surface area contributed by atoms with Gasteiger partial charge in [0.05, 0.1) is 12.3 Å². The summed E-state index contributed by atoms with van der Waals surface area (Å²) in [5, 5.41) is 1.17. The largest absolute Gasteiger partial charge is 0.449 e. The number of fused-ring (bicyclic) bond motifs is 1. The van der Waals surface area contributed by atoms with E-state index in [4.69, 9.17) is 27.9 Å². The van der Waals surface area contributed by atoms with Crippen LogP contribution in [0, 0.1) is 0 Å². The van der Waals surface area contributed by atoms with Gasteiger partial charge in [-0.05, 0) is 56.0 Å². The van der Waals surface area contributed by atoms with Gasteiger partial charge in [-0.2, -0.15) is 0 Å². The summed E-state index contributed by atoms with van der Waals surface area (Å²) in [7, 11) is 0. The highest BCUT2D eigenvalue weighted by Gasteiger charge is 2.37.